The minimum atomic E-state index is -0.494. The minimum Gasteiger partial charge on any atom is -0.380 e. The van der Waals surface area contributed by atoms with E-state index < -0.39 is 5.92 Å². The van der Waals surface area contributed by atoms with E-state index in [1.165, 1.54) is 9.80 Å². The van der Waals surface area contributed by atoms with Gasteiger partial charge in [0.25, 0.3) is 0 Å². The normalized spacial score (nSPS) is 15.1. The first-order chi connectivity index (χ1) is 23.1. The van der Waals surface area contributed by atoms with Crippen molar-refractivity contribution in [3.63, 3.8) is 0 Å². The number of hydrogen-bond donors (Lipinski definition) is 1. The lowest BCUT2D eigenvalue weighted by Crippen LogP contribution is -2.36. The number of Topliss-reactive ketones (excluding diaryl/α,β-unsaturated/α-hetero) is 3. The van der Waals surface area contributed by atoms with Crippen LogP contribution in [0.2, 0.25) is 0 Å². The molecule has 0 aliphatic heterocycles. The number of ketones is 3. The number of likely N-dealkylation sites (N-methyl/N-ethyl adjacent to an activating group) is 1. The first-order valence-corrected chi connectivity index (χ1v) is 18.1. The SMILES string of the molecule is CCCCCC(CCCCNC(=O)CCCOCCN(C)C(=O)CC(=O)N(C)c1ccc(CC(=O)C2CCCCC2=O)cc1)C(=O)CC. The molecule has 2 atom stereocenters. The molecule has 2 rings (SSSR count). The molecular formula is C38H59N3O7. The van der Waals surface area contributed by atoms with Gasteiger partial charge in [-0.2, -0.15) is 0 Å². The summed E-state index contributed by atoms with van der Waals surface area (Å²) in [5.74, 6) is -0.681. The standard InChI is InChI=1S/C38H59N3O7/c1-5-7-8-14-30(33(42)6-2)15-11-12-23-39-36(45)18-13-25-48-26-24-40(3)37(46)28-38(47)41(4)31-21-19-29(20-22-31)27-35(44)32-16-9-10-17-34(32)43/h19-22,30,32H,5-18,23-28H2,1-4H3,(H,39,45). The molecule has 0 radical (unpaired) electrons. The smallest absolute Gasteiger partial charge is 0.236 e. The molecule has 0 aromatic heterocycles. The average molecular weight is 670 g/mol. The summed E-state index contributed by atoms with van der Waals surface area (Å²) >= 11 is 0. The summed E-state index contributed by atoms with van der Waals surface area (Å²) in [6, 6.07) is 7.05. The van der Waals surface area contributed by atoms with E-state index in [1.807, 2.05) is 6.92 Å². The molecule has 1 fully saturated rings. The van der Waals surface area contributed by atoms with Crippen molar-refractivity contribution in [2.24, 2.45) is 11.8 Å². The van der Waals surface area contributed by atoms with Crippen LogP contribution in [0.3, 0.4) is 0 Å². The van der Waals surface area contributed by atoms with Crippen LogP contribution in [0.1, 0.15) is 116 Å². The summed E-state index contributed by atoms with van der Waals surface area (Å²) in [6.45, 7) is 5.73. The van der Waals surface area contributed by atoms with Crippen molar-refractivity contribution in [3.05, 3.63) is 29.8 Å². The second-order valence-electron chi connectivity index (χ2n) is 13.1. The quantitative estimate of drug-likeness (QED) is 0.112. The Hall–Kier alpha value is -3.40. The summed E-state index contributed by atoms with van der Waals surface area (Å²) in [5, 5.41) is 2.95. The van der Waals surface area contributed by atoms with Crippen molar-refractivity contribution in [3.8, 4) is 0 Å². The monoisotopic (exact) mass is 669 g/mol. The maximum atomic E-state index is 12.8. The maximum Gasteiger partial charge on any atom is 0.236 e. The summed E-state index contributed by atoms with van der Waals surface area (Å²) in [6.07, 6.45) is 11.4. The van der Waals surface area contributed by atoms with Gasteiger partial charge in [0.1, 0.15) is 23.8 Å². The molecule has 2 unspecified atom stereocenters. The second-order valence-corrected chi connectivity index (χ2v) is 13.1. The van der Waals surface area contributed by atoms with Gasteiger partial charge in [0, 0.05) is 71.1 Å². The second kappa shape index (κ2) is 23.0. The maximum absolute atomic E-state index is 12.8. The molecule has 268 valence electrons. The van der Waals surface area contributed by atoms with E-state index in [4.69, 9.17) is 4.74 Å². The lowest BCUT2D eigenvalue weighted by molar-refractivity contribution is -0.135. The highest BCUT2D eigenvalue weighted by molar-refractivity contribution is 6.05. The molecule has 1 aliphatic rings. The number of rotatable bonds is 24. The van der Waals surface area contributed by atoms with Crippen LogP contribution in [-0.4, -0.2) is 80.4 Å². The van der Waals surface area contributed by atoms with Crippen LogP contribution < -0.4 is 10.2 Å². The van der Waals surface area contributed by atoms with Gasteiger partial charge in [0.15, 0.2) is 0 Å². The minimum absolute atomic E-state index is 0.0169. The lowest BCUT2D eigenvalue weighted by atomic mass is 9.83. The Labute approximate surface area is 287 Å². The number of hydrogen-bond acceptors (Lipinski definition) is 7. The number of carbonyl (C=O) groups is 6. The summed E-state index contributed by atoms with van der Waals surface area (Å²) < 4.78 is 5.61. The third-order valence-corrected chi connectivity index (χ3v) is 9.27. The Morgan fingerprint density at radius 3 is 2.27 bits per heavy atom. The molecule has 1 aromatic carbocycles. The summed E-state index contributed by atoms with van der Waals surface area (Å²) in [4.78, 5) is 77.3. The van der Waals surface area contributed by atoms with Gasteiger partial charge in [0.2, 0.25) is 17.7 Å². The topological polar surface area (TPSA) is 130 Å². The molecule has 48 heavy (non-hydrogen) atoms. The van der Waals surface area contributed by atoms with Crippen LogP contribution in [-0.2, 0) is 39.9 Å². The Bertz CT molecular complexity index is 1180. The fraction of sp³-hybridized carbons (Fsp3) is 0.684. The molecule has 1 aromatic rings. The molecule has 0 heterocycles. The number of unbranched alkanes of at least 4 members (excludes halogenated alkanes) is 3. The van der Waals surface area contributed by atoms with Crippen molar-refractivity contribution in [2.45, 2.75) is 117 Å². The van der Waals surface area contributed by atoms with Crippen LogP contribution in [0.15, 0.2) is 24.3 Å². The molecule has 10 nitrogen and oxygen atoms in total. The molecule has 1 saturated carbocycles. The zero-order chi connectivity index (χ0) is 35.3. The Morgan fingerprint density at radius 2 is 1.60 bits per heavy atom. The van der Waals surface area contributed by atoms with Gasteiger partial charge in [-0.3, -0.25) is 28.8 Å². The highest BCUT2D eigenvalue weighted by Crippen LogP contribution is 2.24. The highest BCUT2D eigenvalue weighted by atomic mass is 16.5. The number of amides is 3. The number of anilines is 1. The highest BCUT2D eigenvalue weighted by Gasteiger charge is 2.28. The molecule has 1 aliphatic carbocycles. The summed E-state index contributed by atoms with van der Waals surface area (Å²) in [7, 11) is 3.23. The van der Waals surface area contributed by atoms with Crippen LogP contribution in [0.5, 0.6) is 0 Å². The Balaban J connectivity index is 1.57. The van der Waals surface area contributed by atoms with Gasteiger partial charge >= 0.3 is 0 Å². The largest absolute Gasteiger partial charge is 0.380 e. The number of nitrogens with one attached hydrogen (secondary N) is 1. The predicted octanol–water partition coefficient (Wildman–Crippen LogP) is 5.63. The Morgan fingerprint density at radius 1 is 0.896 bits per heavy atom. The fourth-order valence-electron chi connectivity index (χ4n) is 6.00. The molecule has 3 amide bonds. The zero-order valence-corrected chi connectivity index (χ0v) is 29.9. The van der Waals surface area contributed by atoms with Crippen molar-refractivity contribution < 1.29 is 33.5 Å². The van der Waals surface area contributed by atoms with Gasteiger partial charge in [0.05, 0.1) is 12.5 Å². The van der Waals surface area contributed by atoms with Crippen molar-refractivity contribution in [1.82, 2.24) is 10.2 Å². The number of nitrogens with zero attached hydrogens (tertiary/aromatic N) is 2. The van der Waals surface area contributed by atoms with Gasteiger partial charge in [-0.05, 0) is 56.2 Å². The van der Waals surface area contributed by atoms with E-state index in [0.29, 0.717) is 69.9 Å². The van der Waals surface area contributed by atoms with Crippen LogP contribution in [0.25, 0.3) is 0 Å². The number of ether oxygens (including phenoxy) is 1. The van der Waals surface area contributed by atoms with Gasteiger partial charge in [-0.15, -0.1) is 0 Å². The van der Waals surface area contributed by atoms with Crippen LogP contribution in [0, 0.1) is 11.8 Å². The molecule has 0 saturated heterocycles. The van der Waals surface area contributed by atoms with Crippen LogP contribution in [0.4, 0.5) is 5.69 Å². The average Bonchev–Trinajstić information content (AvgIpc) is 3.08. The van der Waals surface area contributed by atoms with E-state index in [-0.39, 0.29) is 48.0 Å². The van der Waals surface area contributed by atoms with E-state index >= 15 is 0 Å². The lowest BCUT2D eigenvalue weighted by Gasteiger charge is -2.21. The first-order valence-electron chi connectivity index (χ1n) is 18.1. The van der Waals surface area contributed by atoms with E-state index in [0.717, 1.165) is 63.4 Å². The van der Waals surface area contributed by atoms with Crippen molar-refractivity contribution >= 4 is 40.8 Å². The van der Waals surface area contributed by atoms with E-state index in [1.54, 1.807) is 38.4 Å². The van der Waals surface area contributed by atoms with Gasteiger partial charge < -0.3 is 19.9 Å². The van der Waals surface area contributed by atoms with E-state index in [9.17, 15) is 28.8 Å². The van der Waals surface area contributed by atoms with Crippen LogP contribution >= 0.6 is 0 Å². The predicted molar refractivity (Wildman–Crippen MR) is 188 cm³/mol. The summed E-state index contributed by atoms with van der Waals surface area (Å²) in [5.41, 5.74) is 1.40. The van der Waals surface area contributed by atoms with E-state index in [2.05, 4.69) is 12.2 Å². The zero-order valence-electron chi connectivity index (χ0n) is 29.9. The molecule has 0 spiro atoms. The third-order valence-electron chi connectivity index (χ3n) is 9.27. The number of carbonyl (C=O) groups excluding carboxylic acids is 6. The molecule has 0 bridgehead atoms. The van der Waals surface area contributed by atoms with Crippen molar-refractivity contribution in [1.29, 1.82) is 0 Å². The molecular weight excluding hydrogens is 610 g/mol. The van der Waals surface area contributed by atoms with Gasteiger partial charge in [-0.25, -0.2) is 0 Å². The first kappa shape index (κ1) is 40.8. The number of benzene rings is 1. The third kappa shape index (κ3) is 15.2. The fourth-order valence-corrected chi connectivity index (χ4v) is 6.00. The molecule has 1 N–H and O–H groups in total. The van der Waals surface area contributed by atoms with Crippen molar-refractivity contribution in [2.75, 3.05) is 45.3 Å². The molecule has 10 heteroatoms. The Kier molecular flexibility index (Phi) is 19.6. The van der Waals surface area contributed by atoms with Gasteiger partial charge in [-0.1, -0.05) is 58.1 Å².